The van der Waals surface area contributed by atoms with Crippen LogP contribution in [0, 0.1) is 0 Å². The van der Waals surface area contributed by atoms with Gasteiger partial charge in [0.25, 0.3) is 15.9 Å². The van der Waals surface area contributed by atoms with Crippen molar-refractivity contribution in [2.24, 2.45) is 10.9 Å². The van der Waals surface area contributed by atoms with Gasteiger partial charge >= 0.3 is 0 Å². The maximum atomic E-state index is 13.8. The van der Waals surface area contributed by atoms with E-state index in [2.05, 4.69) is 46.0 Å². The molecule has 1 saturated heterocycles. The molecule has 6 rings (SSSR count). The lowest BCUT2D eigenvalue weighted by atomic mass is 10.1. The van der Waals surface area contributed by atoms with E-state index < -0.39 is 27.9 Å². The van der Waals surface area contributed by atoms with Gasteiger partial charge in [-0.25, -0.2) is 13.4 Å². The van der Waals surface area contributed by atoms with Gasteiger partial charge < -0.3 is 31.0 Å². The summed E-state index contributed by atoms with van der Waals surface area (Å²) >= 11 is 1.30. The number of thiazole rings is 1. The van der Waals surface area contributed by atoms with Crippen LogP contribution in [-0.2, 0) is 34.3 Å². The number of benzene rings is 1. The van der Waals surface area contributed by atoms with Gasteiger partial charge in [-0.05, 0) is 19.2 Å². The van der Waals surface area contributed by atoms with Gasteiger partial charge in [0.15, 0.2) is 16.7 Å². The first-order chi connectivity index (χ1) is 20.6. The summed E-state index contributed by atoms with van der Waals surface area (Å²) < 4.78 is 28.7. The first-order valence-electron chi connectivity index (χ1n) is 13.2. The van der Waals surface area contributed by atoms with E-state index in [0.29, 0.717) is 23.0 Å². The Balaban J connectivity index is 1.27. The Hall–Kier alpha value is -4.46. The Morgan fingerprint density at radius 1 is 1.26 bits per heavy atom. The van der Waals surface area contributed by atoms with E-state index in [1.54, 1.807) is 18.2 Å². The summed E-state index contributed by atoms with van der Waals surface area (Å²) in [6.45, 7) is 1.09. The fourth-order valence-corrected chi connectivity index (χ4v) is 7.71. The summed E-state index contributed by atoms with van der Waals surface area (Å²) in [5.41, 5.74) is 7.42. The van der Waals surface area contributed by atoms with E-state index >= 15 is 0 Å². The summed E-state index contributed by atoms with van der Waals surface area (Å²) in [6, 6.07) is 5.14. The number of likely N-dealkylation sites (N-methyl/N-ethyl adjacent to an activating group) is 1. The summed E-state index contributed by atoms with van der Waals surface area (Å²) in [5.74, 6) is -0.892. The Morgan fingerprint density at radius 2 is 2.09 bits per heavy atom. The monoisotopic (exact) mass is 628 g/mol. The number of nitrogens with two attached hydrogens (primary N) is 1. The number of sulfonamides is 1. The number of piperazine rings is 1. The number of oxime groups is 1. The average Bonchev–Trinajstić information content (AvgIpc) is 3.78. The van der Waals surface area contributed by atoms with Gasteiger partial charge in [0.05, 0.1) is 12.2 Å². The largest absolute Gasteiger partial charge is 0.409 e. The van der Waals surface area contributed by atoms with Gasteiger partial charge in [-0.15, -0.1) is 21.5 Å². The molecule has 1 aromatic carbocycles. The minimum atomic E-state index is -4.12. The molecule has 3 aromatic heterocycles. The van der Waals surface area contributed by atoms with Crippen LogP contribution in [0.1, 0.15) is 31.8 Å². The lowest BCUT2D eigenvalue weighted by molar-refractivity contribution is -0.127. The molecular weight excluding hydrogens is 600 g/mol. The van der Waals surface area contributed by atoms with Crippen molar-refractivity contribution in [3.05, 3.63) is 51.2 Å². The number of hydrogen-bond acceptors (Lipinski definition) is 12. The zero-order valence-corrected chi connectivity index (χ0v) is 24.5. The van der Waals surface area contributed by atoms with Crippen LogP contribution in [0.15, 0.2) is 34.4 Å². The summed E-state index contributed by atoms with van der Waals surface area (Å²) in [4.78, 5) is 39.2. The van der Waals surface area contributed by atoms with Crippen LogP contribution < -0.4 is 11.1 Å². The first kappa shape index (κ1) is 28.6. The quantitative estimate of drug-likeness (QED) is 0.0725. The van der Waals surface area contributed by atoms with Crippen LogP contribution in [0.3, 0.4) is 0 Å². The Kier molecular flexibility index (Phi) is 7.54. The Labute approximate surface area is 248 Å². The van der Waals surface area contributed by atoms with Crippen LogP contribution in [0.2, 0.25) is 0 Å². The smallest absolute Gasteiger partial charge is 0.283 e. The lowest BCUT2D eigenvalue weighted by Gasteiger charge is -2.39. The van der Waals surface area contributed by atoms with Gasteiger partial charge in [-0.2, -0.15) is 9.52 Å². The van der Waals surface area contributed by atoms with Crippen molar-refractivity contribution in [1.29, 1.82) is 0 Å². The Morgan fingerprint density at radius 3 is 2.86 bits per heavy atom. The maximum Gasteiger partial charge on any atom is 0.283 e. The zero-order valence-electron chi connectivity index (χ0n) is 22.9. The summed E-state index contributed by atoms with van der Waals surface area (Å²) in [6.07, 6.45) is 0.724. The van der Waals surface area contributed by atoms with Gasteiger partial charge in [-0.1, -0.05) is 22.5 Å². The second-order valence-electron chi connectivity index (χ2n) is 10.2. The van der Waals surface area contributed by atoms with E-state index in [9.17, 15) is 18.0 Å². The van der Waals surface area contributed by atoms with E-state index in [-0.39, 0.29) is 47.9 Å². The fourth-order valence-electron chi connectivity index (χ4n) is 5.12. The van der Waals surface area contributed by atoms with Crippen LogP contribution in [0.5, 0.6) is 0 Å². The molecule has 2 aliphatic heterocycles. The second-order valence-corrected chi connectivity index (χ2v) is 13.2. The van der Waals surface area contributed by atoms with Crippen LogP contribution >= 0.6 is 11.3 Å². The molecule has 0 aliphatic carbocycles. The highest BCUT2D eigenvalue weighted by atomic mass is 32.2. The van der Waals surface area contributed by atoms with Crippen molar-refractivity contribution >= 4 is 49.9 Å². The second kappa shape index (κ2) is 11.3. The number of amidine groups is 1. The number of hydrogen-bond donors (Lipinski definition) is 5. The van der Waals surface area contributed by atoms with E-state index in [4.69, 9.17) is 10.9 Å². The maximum absolute atomic E-state index is 13.8. The molecule has 19 heteroatoms. The van der Waals surface area contributed by atoms with Crippen molar-refractivity contribution in [3.8, 4) is 0 Å². The molecule has 2 amide bonds. The number of aromatic amines is 2. The first-order valence-corrected chi connectivity index (χ1v) is 15.5. The van der Waals surface area contributed by atoms with Gasteiger partial charge in [0.1, 0.15) is 11.1 Å². The molecule has 17 nitrogen and oxygen atoms in total. The SMILES string of the molecule is CN1CCc2nc(C(=O)N3CCN(S(=O)(=O)c4cc5ccc(C(N)=NO)cc5[nH]4)CC3C(=O)NCc3nn[nH]n3)sc2C1. The molecule has 0 saturated carbocycles. The number of nitrogens with one attached hydrogen (secondary N) is 3. The number of rotatable bonds is 7. The summed E-state index contributed by atoms with van der Waals surface area (Å²) in [5, 5.41) is 28.8. The van der Waals surface area contributed by atoms with Crippen molar-refractivity contribution in [3.63, 3.8) is 0 Å². The van der Waals surface area contributed by atoms with Crippen LogP contribution in [0.25, 0.3) is 10.9 Å². The van der Waals surface area contributed by atoms with Gasteiger partial charge in [0.2, 0.25) is 5.91 Å². The van der Waals surface area contributed by atoms with Crippen LogP contribution in [0.4, 0.5) is 0 Å². The third kappa shape index (κ3) is 5.54. The number of amides is 2. The third-order valence-corrected chi connectivity index (χ3v) is 10.3. The third-order valence-electron chi connectivity index (χ3n) is 7.44. The number of carbonyl (C=O) groups excluding carboxylic acids is 2. The predicted octanol–water partition coefficient (Wildman–Crippen LogP) is -0.948. The number of aromatic nitrogens is 6. The highest BCUT2D eigenvalue weighted by molar-refractivity contribution is 7.89. The van der Waals surface area contributed by atoms with Gasteiger partial charge in [-0.3, -0.25) is 9.59 Å². The van der Waals surface area contributed by atoms with Crippen LogP contribution in [-0.4, -0.2) is 115 Å². The molecule has 6 N–H and O–H groups in total. The minimum absolute atomic E-state index is 0.0314. The molecule has 226 valence electrons. The standard InChI is InChI=1S/C24H28N12O5S2/c1-34-5-4-15-18(12-34)42-23(28-15)24(38)36-7-6-35(11-17(36)22(37)26-10-19-29-32-33-30-19)43(40,41)20-9-13-2-3-14(21(25)31-39)8-16(13)27-20/h2-3,8-9,17,27,39H,4-7,10-12H2,1H3,(H2,25,31)(H,26,37)(H,29,30,32,33). The lowest BCUT2D eigenvalue weighted by Crippen LogP contribution is -2.61. The van der Waals surface area contributed by atoms with E-state index in [1.165, 1.54) is 26.6 Å². The zero-order chi connectivity index (χ0) is 30.3. The number of tetrazole rings is 1. The molecule has 0 bridgehead atoms. The highest BCUT2D eigenvalue weighted by Gasteiger charge is 2.41. The topological polar surface area (TPSA) is 232 Å². The van der Waals surface area contributed by atoms with Crippen molar-refractivity contribution in [2.75, 3.05) is 33.2 Å². The molecule has 0 radical (unpaired) electrons. The molecule has 1 fully saturated rings. The number of fused-ring (bicyclic) bond motifs is 2. The molecule has 4 aromatic rings. The van der Waals surface area contributed by atoms with E-state index in [0.717, 1.165) is 23.5 Å². The number of H-pyrrole nitrogens is 2. The molecule has 43 heavy (non-hydrogen) atoms. The molecule has 2 aliphatic rings. The van der Waals surface area contributed by atoms with Crippen molar-refractivity contribution in [1.82, 2.24) is 50.0 Å². The molecule has 1 atom stereocenters. The molecule has 1 unspecified atom stereocenters. The minimum Gasteiger partial charge on any atom is -0.409 e. The highest BCUT2D eigenvalue weighted by Crippen LogP contribution is 2.28. The fraction of sp³-hybridized carbons (Fsp3) is 0.375. The molecule has 5 heterocycles. The normalized spacial score (nSPS) is 18.6. The molecular formula is C24H28N12O5S2. The van der Waals surface area contributed by atoms with Gasteiger partial charge in [0, 0.05) is 60.5 Å². The number of carbonyl (C=O) groups is 2. The van der Waals surface area contributed by atoms with Crippen molar-refractivity contribution < 1.29 is 23.2 Å². The van der Waals surface area contributed by atoms with Crippen molar-refractivity contribution in [2.45, 2.75) is 30.6 Å². The number of nitrogens with zero attached hydrogens (tertiary/aromatic N) is 8. The Bertz CT molecular complexity index is 1820. The molecule has 0 spiro atoms. The summed E-state index contributed by atoms with van der Waals surface area (Å²) in [7, 11) is -2.12. The van der Waals surface area contributed by atoms with E-state index in [1.807, 2.05) is 7.05 Å². The predicted molar refractivity (Wildman–Crippen MR) is 153 cm³/mol. The average molecular weight is 629 g/mol.